The van der Waals surface area contributed by atoms with Crippen LogP contribution in [0.15, 0.2) is 54.6 Å². The number of hydrogen-bond donors (Lipinski definition) is 0. The zero-order chi connectivity index (χ0) is 25.8. The third-order valence-corrected chi connectivity index (χ3v) is 7.42. The van der Waals surface area contributed by atoms with Crippen LogP contribution in [-0.4, -0.2) is 10.6 Å². The van der Waals surface area contributed by atoms with E-state index in [1.165, 1.54) is 102 Å². The summed E-state index contributed by atoms with van der Waals surface area (Å²) >= 11 is 5.59. The average molecular weight is 505 g/mol. The van der Waals surface area contributed by atoms with Gasteiger partial charge in [-0.05, 0) is 42.5 Å². The number of thiocarbonyl (C=S) groups is 1. The van der Waals surface area contributed by atoms with Gasteiger partial charge in [0.1, 0.15) is 0 Å². The van der Waals surface area contributed by atoms with Crippen LogP contribution in [0.25, 0.3) is 6.08 Å². The monoisotopic (exact) mass is 504 g/mol. The van der Waals surface area contributed by atoms with Crippen molar-refractivity contribution in [2.75, 3.05) is 0 Å². The van der Waals surface area contributed by atoms with E-state index in [1.54, 1.807) is 6.92 Å². The van der Waals surface area contributed by atoms with E-state index in [4.69, 9.17) is 12.2 Å². The quantitative estimate of drug-likeness (QED) is 0.0772. The van der Waals surface area contributed by atoms with Crippen LogP contribution in [0.3, 0.4) is 0 Å². The van der Waals surface area contributed by atoms with Crippen LogP contribution in [0, 0.1) is 0 Å². The maximum atomic E-state index is 11.4. The number of aryl methyl sites for hydroxylation is 1. The normalized spacial score (nSPS) is 11.3. The fourth-order valence-corrected chi connectivity index (χ4v) is 4.84. The minimum Gasteiger partial charge on any atom is -0.295 e. The Bertz CT molecular complexity index is 892. The fourth-order valence-electron chi connectivity index (χ4n) is 4.63. The first-order valence-corrected chi connectivity index (χ1v) is 14.9. The smallest absolute Gasteiger partial charge is 0.159 e. The summed E-state index contributed by atoms with van der Waals surface area (Å²) in [5.41, 5.74) is 4.27. The van der Waals surface area contributed by atoms with Crippen LogP contribution in [-0.2, 0) is 6.42 Å². The Hall–Kier alpha value is -2.06. The molecule has 36 heavy (non-hydrogen) atoms. The zero-order valence-corrected chi connectivity index (χ0v) is 23.7. The Morgan fingerprint density at radius 3 is 1.56 bits per heavy atom. The van der Waals surface area contributed by atoms with Gasteiger partial charge in [0.05, 0.1) is 0 Å². The summed E-state index contributed by atoms with van der Waals surface area (Å²) in [6, 6.07) is 16.4. The third-order valence-electron chi connectivity index (χ3n) is 7.05. The number of benzene rings is 2. The summed E-state index contributed by atoms with van der Waals surface area (Å²) in [6.45, 7) is 3.88. The first-order valence-electron chi connectivity index (χ1n) is 14.5. The molecule has 0 N–H and O–H groups in total. The summed E-state index contributed by atoms with van der Waals surface area (Å²) in [7, 11) is 0. The van der Waals surface area contributed by atoms with E-state index in [9.17, 15) is 4.79 Å². The molecule has 2 aromatic rings. The molecule has 2 aromatic carbocycles. The van der Waals surface area contributed by atoms with Crippen molar-refractivity contribution in [1.82, 2.24) is 0 Å². The minimum absolute atomic E-state index is 0.0884. The molecule has 0 radical (unpaired) electrons. The topological polar surface area (TPSA) is 17.1 Å². The summed E-state index contributed by atoms with van der Waals surface area (Å²) in [4.78, 5) is 12.2. The molecule has 0 bridgehead atoms. The highest BCUT2D eigenvalue weighted by molar-refractivity contribution is 7.81. The number of hydrogen-bond acceptors (Lipinski definition) is 2. The Balaban J connectivity index is 1.51. The maximum absolute atomic E-state index is 11.4. The number of ketones is 1. The van der Waals surface area contributed by atoms with Crippen molar-refractivity contribution < 1.29 is 4.79 Å². The molecule has 0 heterocycles. The van der Waals surface area contributed by atoms with E-state index < -0.39 is 0 Å². The Morgan fingerprint density at radius 1 is 0.639 bits per heavy atom. The number of carbonyl (C=O) groups excluding carboxylic acids is 1. The molecule has 0 aliphatic rings. The van der Waals surface area contributed by atoms with Crippen LogP contribution >= 0.6 is 12.2 Å². The highest BCUT2D eigenvalue weighted by atomic mass is 32.1. The summed E-state index contributed by atoms with van der Waals surface area (Å²) < 4.78 is 0. The van der Waals surface area contributed by atoms with Gasteiger partial charge in [0.15, 0.2) is 5.78 Å². The molecule has 0 aliphatic heterocycles. The van der Waals surface area contributed by atoms with Gasteiger partial charge in [-0.25, -0.2) is 0 Å². The molecule has 0 saturated heterocycles. The van der Waals surface area contributed by atoms with Gasteiger partial charge >= 0.3 is 0 Å². The SMILES string of the molecule is CCCCCCCCCCCCCCCCCc1ccc(C(=S)C=Cc2ccc(C(C)=O)cc2)cc1. The van der Waals surface area contributed by atoms with Crippen molar-refractivity contribution in [2.45, 2.75) is 117 Å². The summed E-state index contributed by atoms with van der Waals surface area (Å²) in [5, 5.41) is 0. The van der Waals surface area contributed by atoms with Gasteiger partial charge in [0, 0.05) is 10.4 Å². The van der Waals surface area contributed by atoms with Gasteiger partial charge < -0.3 is 0 Å². The molecular weight excluding hydrogens is 456 g/mol. The van der Waals surface area contributed by atoms with Gasteiger partial charge in [-0.15, -0.1) is 0 Å². The molecule has 0 atom stereocenters. The van der Waals surface area contributed by atoms with E-state index in [0.717, 1.165) is 28.0 Å². The predicted molar refractivity (Wildman–Crippen MR) is 162 cm³/mol. The van der Waals surface area contributed by atoms with Crippen molar-refractivity contribution in [1.29, 1.82) is 0 Å². The lowest BCUT2D eigenvalue weighted by Crippen LogP contribution is -1.94. The van der Waals surface area contributed by atoms with E-state index in [0.29, 0.717) is 0 Å². The highest BCUT2D eigenvalue weighted by Gasteiger charge is 2.01. The van der Waals surface area contributed by atoms with Gasteiger partial charge in [0.2, 0.25) is 0 Å². The van der Waals surface area contributed by atoms with E-state index in [2.05, 4.69) is 31.2 Å². The second-order valence-electron chi connectivity index (χ2n) is 10.3. The molecule has 0 aromatic heterocycles. The van der Waals surface area contributed by atoms with E-state index in [-0.39, 0.29) is 5.78 Å². The van der Waals surface area contributed by atoms with Crippen LogP contribution in [0.1, 0.15) is 137 Å². The van der Waals surface area contributed by atoms with Gasteiger partial charge in [-0.3, -0.25) is 4.79 Å². The lowest BCUT2D eigenvalue weighted by molar-refractivity contribution is 0.101. The van der Waals surface area contributed by atoms with Crippen LogP contribution < -0.4 is 0 Å². The Kier molecular flexibility index (Phi) is 16.0. The van der Waals surface area contributed by atoms with Crippen LogP contribution in [0.5, 0.6) is 0 Å². The molecule has 0 spiro atoms. The largest absolute Gasteiger partial charge is 0.295 e. The lowest BCUT2D eigenvalue weighted by atomic mass is 10.0. The average Bonchev–Trinajstić information content (AvgIpc) is 2.90. The zero-order valence-electron chi connectivity index (χ0n) is 22.9. The van der Waals surface area contributed by atoms with Crippen molar-refractivity contribution in [3.63, 3.8) is 0 Å². The number of Topliss-reactive ketones (excluding diaryl/α,β-unsaturated/α-hetero) is 1. The molecule has 0 aliphatic carbocycles. The van der Waals surface area contributed by atoms with Crippen molar-refractivity contribution in [2.24, 2.45) is 0 Å². The van der Waals surface area contributed by atoms with Gasteiger partial charge in [-0.1, -0.05) is 164 Å². The Labute approximate surface area is 226 Å². The van der Waals surface area contributed by atoms with Crippen molar-refractivity contribution >= 4 is 28.9 Å². The molecule has 0 fully saturated rings. The molecule has 196 valence electrons. The number of allylic oxidation sites excluding steroid dienone is 1. The Morgan fingerprint density at radius 2 is 1.08 bits per heavy atom. The van der Waals surface area contributed by atoms with Crippen LogP contribution in [0.2, 0.25) is 0 Å². The number of unbranched alkanes of at least 4 members (excludes halogenated alkanes) is 14. The van der Waals surface area contributed by atoms with Gasteiger partial charge in [-0.2, -0.15) is 0 Å². The molecular formula is C34H48OS. The molecule has 2 rings (SSSR count). The minimum atomic E-state index is 0.0884. The molecule has 2 heteroatoms. The number of rotatable bonds is 20. The number of carbonyl (C=O) groups is 1. The summed E-state index contributed by atoms with van der Waals surface area (Å²) in [6.07, 6.45) is 26.2. The molecule has 0 saturated carbocycles. The first-order chi connectivity index (χ1) is 17.6. The van der Waals surface area contributed by atoms with E-state index in [1.807, 2.05) is 36.4 Å². The second-order valence-corrected chi connectivity index (χ2v) is 10.7. The third kappa shape index (κ3) is 13.3. The molecule has 0 unspecified atom stereocenters. The molecule has 1 nitrogen and oxygen atoms in total. The maximum Gasteiger partial charge on any atom is 0.159 e. The molecule has 0 amide bonds. The second kappa shape index (κ2) is 19.1. The lowest BCUT2D eigenvalue weighted by Gasteiger charge is -2.05. The van der Waals surface area contributed by atoms with E-state index >= 15 is 0 Å². The fraction of sp³-hybridized carbons (Fsp3) is 0.529. The predicted octanol–water partition coefficient (Wildman–Crippen LogP) is 10.7. The van der Waals surface area contributed by atoms with Crippen LogP contribution in [0.4, 0.5) is 0 Å². The summed E-state index contributed by atoms with van der Waals surface area (Å²) in [5.74, 6) is 0.0884. The standard InChI is InChI=1S/C34H48OS/c1-3-4-5-6-7-8-9-10-11-12-13-14-15-16-17-18-30-21-26-33(27-22-30)34(36)28-23-31-19-24-32(25-20-31)29(2)35/h19-28H,3-18H2,1-2H3. The first kappa shape index (κ1) is 30.2. The van der Waals surface area contributed by atoms with Crippen molar-refractivity contribution in [3.05, 3.63) is 76.9 Å². The highest BCUT2D eigenvalue weighted by Crippen LogP contribution is 2.15. The van der Waals surface area contributed by atoms with Gasteiger partial charge in [0.25, 0.3) is 0 Å². The van der Waals surface area contributed by atoms with Crippen molar-refractivity contribution in [3.8, 4) is 0 Å².